The first-order valence-electron chi connectivity index (χ1n) is 9.19. The van der Waals surface area contributed by atoms with E-state index < -0.39 is 4.92 Å². The molecular formula is C19H27N3O5. The largest absolute Gasteiger partial charge is 0.469 e. The second-order valence-electron chi connectivity index (χ2n) is 7.06. The minimum atomic E-state index is -0.428. The lowest BCUT2D eigenvalue weighted by Gasteiger charge is -2.32. The van der Waals surface area contributed by atoms with Gasteiger partial charge in [-0.15, -0.1) is 0 Å². The summed E-state index contributed by atoms with van der Waals surface area (Å²) >= 11 is 0. The summed E-state index contributed by atoms with van der Waals surface area (Å²) in [6.45, 7) is 4.07. The molecule has 0 N–H and O–H groups in total. The third-order valence-electron chi connectivity index (χ3n) is 4.87. The van der Waals surface area contributed by atoms with E-state index in [9.17, 15) is 19.7 Å². The standard InChI is InChI=1S/C19H27N3O5/c1-14-6-4-11-21(13-14)16-9-8-15(12-17(16)22(25)26)19(24)20(2)10-5-7-18(23)27-3/h8-9,12,14H,4-7,10-11,13H2,1-3H3/t14-/m0/s1. The molecule has 1 saturated heterocycles. The van der Waals surface area contributed by atoms with Gasteiger partial charge >= 0.3 is 5.97 Å². The molecule has 1 aliphatic rings. The van der Waals surface area contributed by atoms with Crippen LogP contribution in [0.1, 0.15) is 43.0 Å². The maximum atomic E-state index is 12.6. The average Bonchev–Trinajstić information content (AvgIpc) is 2.66. The van der Waals surface area contributed by atoms with Crippen molar-refractivity contribution in [3.8, 4) is 0 Å². The van der Waals surface area contributed by atoms with Gasteiger partial charge in [0.2, 0.25) is 0 Å². The number of benzene rings is 1. The lowest BCUT2D eigenvalue weighted by atomic mass is 9.99. The second-order valence-corrected chi connectivity index (χ2v) is 7.06. The van der Waals surface area contributed by atoms with E-state index in [0.29, 0.717) is 24.6 Å². The number of nitro benzene ring substituents is 1. The number of carbonyl (C=O) groups excluding carboxylic acids is 2. The van der Waals surface area contributed by atoms with Crippen molar-refractivity contribution in [2.24, 2.45) is 5.92 Å². The van der Waals surface area contributed by atoms with Crippen molar-refractivity contribution in [1.82, 2.24) is 4.90 Å². The molecule has 0 aromatic heterocycles. The van der Waals surface area contributed by atoms with Crippen LogP contribution in [0.3, 0.4) is 0 Å². The first kappa shape index (κ1) is 20.7. The van der Waals surface area contributed by atoms with Gasteiger partial charge in [0.05, 0.1) is 12.0 Å². The molecule has 1 amide bonds. The quantitative estimate of drug-likeness (QED) is 0.412. The van der Waals surface area contributed by atoms with Crippen molar-refractivity contribution >= 4 is 23.3 Å². The molecule has 0 bridgehead atoms. The van der Waals surface area contributed by atoms with Crippen LogP contribution in [-0.4, -0.2) is 55.5 Å². The molecule has 27 heavy (non-hydrogen) atoms. The molecule has 0 spiro atoms. The summed E-state index contributed by atoms with van der Waals surface area (Å²) in [5.41, 5.74) is 0.797. The Balaban J connectivity index is 2.13. The fraction of sp³-hybridized carbons (Fsp3) is 0.579. The van der Waals surface area contributed by atoms with E-state index in [0.717, 1.165) is 25.9 Å². The summed E-state index contributed by atoms with van der Waals surface area (Å²) in [5.74, 6) is -0.145. The van der Waals surface area contributed by atoms with Crippen molar-refractivity contribution in [1.29, 1.82) is 0 Å². The zero-order valence-electron chi connectivity index (χ0n) is 16.1. The molecule has 2 rings (SSSR count). The summed E-state index contributed by atoms with van der Waals surface area (Å²) in [6.07, 6.45) is 2.82. The molecule has 0 radical (unpaired) electrons. The van der Waals surface area contributed by atoms with Crippen molar-refractivity contribution in [2.45, 2.75) is 32.6 Å². The average molecular weight is 377 g/mol. The Morgan fingerprint density at radius 3 is 2.78 bits per heavy atom. The lowest BCUT2D eigenvalue weighted by Crippen LogP contribution is -2.34. The minimum absolute atomic E-state index is 0.0436. The highest BCUT2D eigenvalue weighted by Gasteiger charge is 2.25. The molecule has 1 aromatic carbocycles. The van der Waals surface area contributed by atoms with E-state index in [-0.39, 0.29) is 29.5 Å². The smallest absolute Gasteiger partial charge is 0.305 e. The third kappa shape index (κ3) is 5.42. The van der Waals surface area contributed by atoms with E-state index in [1.165, 1.54) is 18.1 Å². The van der Waals surface area contributed by atoms with Crippen LogP contribution < -0.4 is 4.90 Å². The second kappa shape index (κ2) is 9.34. The summed E-state index contributed by atoms with van der Waals surface area (Å²) in [5, 5.41) is 11.6. The highest BCUT2D eigenvalue weighted by Crippen LogP contribution is 2.32. The maximum Gasteiger partial charge on any atom is 0.305 e. The van der Waals surface area contributed by atoms with Gasteiger partial charge in [-0.2, -0.15) is 0 Å². The van der Waals surface area contributed by atoms with Gasteiger partial charge in [-0.1, -0.05) is 6.92 Å². The number of nitro groups is 1. The number of anilines is 1. The number of esters is 1. The van der Waals surface area contributed by atoms with Crippen LogP contribution in [0.5, 0.6) is 0 Å². The van der Waals surface area contributed by atoms with Gasteiger partial charge in [0.25, 0.3) is 11.6 Å². The Morgan fingerprint density at radius 2 is 2.15 bits per heavy atom. The normalized spacial score (nSPS) is 16.7. The molecule has 1 aliphatic heterocycles. The fourth-order valence-electron chi connectivity index (χ4n) is 3.36. The number of carbonyl (C=O) groups is 2. The zero-order chi connectivity index (χ0) is 20.0. The van der Waals surface area contributed by atoms with Crippen LogP contribution in [0.25, 0.3) is 0 Å². The first-order valence-corrected chi connectivity index (χ1v) is 9.19. The Hall–Kier alpha value is -2.64. The van der Waals surface area contributed by atoms with Crippen LogP contribution >= 0.6 is 0 Å². The molecule has 8 heteroatoms. The van der Waals surface area contributed by atoms with E-state index in [4.69, 9.17) is 0 Å². The van der Waals surface area contributed by atoms with Crippen LogP contribution in [0.15, 0.2) is 18.2 Å². The van der Waals surface area contributed by atoms with E-state index in [1.54, 1.807) is 19.2 Å². The molecular weight excluding hydrogens is 350 g/mol. The number of hydrogen-bond donors (Lipinski definition) is 0. The van der Waals surface area contributed by atoms with Crippen LogP contribution in [-0.2, 0) is 9.53 Å². The highest BCUT2D eigenvalue weighted by atomic mass is 16.6. The molecule has 0 unspecified atom stereocenters. The number of amides is 1. The summed E-state index contributed by atoms with van der Waals surface area (Å²) in [7, 11) is 2.94. The Labute approximate surface area is 159 Å². The first-order chi connectivity index (χ1) is 12.8. The molecule has 8 nitrogen and oxygen atoms in total. The van der Waals surface area contributed by atoms with Crippen LogP contribution in [0, 0.1) is 16.0 Å². The number of piperidine rings is 1. The monoisotopic (exact) mass is 377 g/mol. The number of nitrogens with zero attached hydrogens (tertiary/aromatic N) is 3. The van der Waals surface area contributed by atoms with Gasteiger partial charge in [0, 0.05) is 44.7 Å². The molecule has 1 aromatic rings. The van der Waals surface area contributed by atoms with Gasteiger partial charge in [-0.25, -0.2) is 0 Å². The lowest BCUT2D eigenvalue weighted by molar-refractivity contribution is -0.384. The zero-order valence-corrected chi connectivity index (χ0v) is 16.1. The number of hydrogen-bond acceptors (Lipinski definition) is 6. The van der Waals surface area contributed by atoms with Gasteiger partial charge < -0.3 is 14.5 Å². The number of ether oxygens (including phenoxy) is 1. The Bertz CT molecular complexity index is 707. The molecule has 1 atom stereocenters. The molecule has 1 fully saturated rings. The molecule has 0 saturated carbocycles. The van der Waals surface area contributed by atoms with Gasteiger partial charge in [-0.3, -0.25) is 19.7 Å². The van der Waals surface area contributed by atoms with Crippen molar-refractivity contribution in [3.63, 3.8) is 0 Å². The predicted octanol–water partition coefficient (Wildman–Crippen LogP) is 2.86. The third-order valence-corrected chi connectivity index (χ3v) is 4.87. The Kier molecular flexibility index (Phi) is 7.15. The SMILES string of the molecule is COC(=O)CCCN(C)C(=O)c1ccc(N2CCC[C@H](C)C2)c([N+](=O)[O-])c1. The fourth-order valence-corrected chi connectivity index (χ4v) is 3.36. The van der Waals surface area contributed by atoms with Gasteiger partial charge in [-0.05, 0) is 37.3 Å². The predicted molar refractivity (Wildman–Crippen MR) is 102 cm³/mol. The maximum absolute atomic E-state index is 12.6. The van der Waals surface area contributed by atoms with Crippen molar-refractivity contribution < 1.29 is 19.2 Å². The summed E-state index contributed by atoms with van der Waals surface area (Å²) in [6, 6.07) is 4.67. The molecule has 0 aliphatic carbocycles. The minimum Gasteiger partial charge on any atom is -0.469 e. The van der Waals surface area contributed by atoms with E-state index in [1.807, 2.05) is 4.90 Å². The topological polar surface area (TPSA) is 93.0 Å². The van der Waals surface area contributed by atoms with Crippen LogP contribution in [0.2, 0.25) is 0 Å². The molecule has 1 heterocycles. The number of methoxy groups -OCH3 is 1. The van der Waals surface area contributed by atoms with E-state index in [2.05, 4.69) is 11.7 Å². The summed E-state index contributed by atoms with van der Waals surface area (Å²) < 4.78 is 4.58. The number of rotatable bonds is 7. The van der Waals surface area contributed by atoms with Gasteiger partial charge in [0.15, 0.2) is 0 Å². The van der Waals surface area contributed by atoms with E-state index >= 15 is 0 Å². The molecule has 148 valence electrons. The van der Waals surface area contributed by atoms with Crippen molar-refractivity contribution in [2.75, 3.05) is 38.7 Å². The van der Waals surface area contributed by atoms with Crippen LogP contribution in [0.4, 0.5) is 11.4 Å². The Morgan fingerprint density at radius 1 is 1.41 bits per heavy atom. The van der Waals surface area contributed by atoms with Crippen molar-refractivity contribution in [3.05, 3.63) is 33.9 Å². The highest BCUT2D eigenvalue weighted by molar-refractivity contribution is 5.95. The summed E-state index contributed by atoms with van der Waals surface area (Å²) in [4.78, 5) is 38.4. The van der Waals surface area contributed by atoms with Gasteiger partial charge in [0.1, 0.15) is 5.69 Å².